The molecule has 2 rings (SSSR count). The fourth-order valence-corrected chi connectivity index (χ4v) is 3.65. The van der Waals surface area contributed by atoms with Crippen LogP contribution in [0.4, 0.5) is 5.69 Å². The Labute approximate surface area is 121 Å². The van der Waals surface area contributed by atoms with Gasteiger partial charge in [-0.25, -0.2) is 4.79 Å². The summed E-state index contributed by atoms with van der Waals surface area (Å²) in [6.45, 7) is 6.79. The van der Waals surface area contributed by atoms with E-state index >= 15 is 0 Å². The molecule has 0 radical (unpaired) electrons. The molecule has 110 valence electrons. The minimum atomic E-state index is -0.936. The third kappa shape index (κ3) is 2.82. The number of hydrogen-bond donors (Lipinski definition) is 2. The molecule has 3 heteroatoms. The number of carboxylic acids is 1. The lowest BCUT2D eigenvalue weighted by atomic mass is 9.67. The lowest BCUT2D eigenvalue weighted by molar-refractivity contribution is 0.0698. The molecule has 0 bridgehead atoms. The van der Waals surface area contributed by atoms with Crippen molar-refractivity contribution >= 4 is 11.7 Å². The van der Waals surface area contributed by atoms with Crippen molar-refractivity contribution in [2.24, 2.45) is 17.8 Å². The Morgan fingerprint density at radius 1 is 1.35 bits per heavy atom. The number of nitrogens with two attached hydrogens (primary N) is 1. The molecule has 3 atom stereocenters. The van der Waals surface area contributed by atoms with Gasteiger partial charge in [-0.2, -0.15) is 0 Å². The number of anilines is 1. The van der Waals surface area contributed by atoms with Crippen LogP contribution in [0.3, 0.4) is 0 Å². The second-order valence-corrected chi connectivity index (χ2v) is 6.55. The van der Waals surface area contributed by atoms with Crippen molar-refractivity contribution < 1.29 is 9.90 Å². The Hall–Kier alpha value is -1.51. The molecule has 1 fully saturated rings. The smallest absolute Gasteiger partial charge is 0.337 e. The van der Waals surface area contributed by atoms with Gasteiger partial charge in [-0.15, -0.1) is 0 Å². The van der Waals surface area contributed by atoms with Crippen LogP contribution in [0.2, 0.25) is 0 Å². The zero-order chi connectivity index (χ0) is 14.9. The molecule has 3 nitrogen and oxygen atoms in total. The van der Waals surface area contributed by atoms with E-state index in [0.29, 0.717) is 29.4 Å². The van der Waals surface area contributed by atoms with Crippen molar-refractivity contribution in [1.82, 2.24) is 0 Å². The minimum absolute atomic E-state index is 0.239. The van der Waals surface area contributed by atoms with Crippen molar-refractivity contribution in [3.05, 3.63) is 29.3 Å². The first-order chi connectivity index (χ1) is 9.41. The van der Waals surface area contributed by atoms with Gasteiger partial charge >= 0.3 is 5.97 Å². The average molecular weight is 275 g/mol. The lowest BCUT2D eigenvalue weighted by Gasteiger charge is -2.38. The number of carbonyl (C=O) groups is 1. The maximum Gasteiger partial charge on any atom is 0.337 e. The number of nitrogen functional groups attached to an aromatic ring is 1. The van der Waals surface area contributed by atoms with E-state index in [1.807, 2.05) is 12.1 Å². The van der Waals surface area contributed by atoms with Crippen molar-refractivity contribution in [2.45, 2.75) is 46.0 Å². The Kier molecular flexibility index (Phi) is 4.36. The zero-order valence-corrected chi connectivity index (χ0v) is 12.6. The molecule has 3 N–H and O–H groups in total. The third-order valence-electron chi connectivity index (χ3n) is 4.79. The van der Waals surface area contributed by atoms with Crippen LogP contribution in [0.15, 0.2) is 18.2 Å². The Morgan fingerprint density at radius 2 is 2.05 bits per heavy atom. The van der Waals surface area contributed by atoms with E-state index in [-0.39, 0.29) is 5.56 Å². The molecule has 3 unspecified atom stereocenters. The van der Waals surface area contributed by atoms with Crippen molar-refractivity contribution in [3.63, 3.8) is 0 Å². The fourth-order valence-electron chi connectivity index (χ4n) is 3.65. The molecular weight excluding hydrogens is 250 g/mol. The van der Waals surface area contributed by atoms with E-state index in [9.17, 15) is 9.90 Å². The standard InChI is InChI=1S/C17H25NO2/c1-10(2)12-8-7-11(3)9-15(12)13-5-4-6-14(16(13)18)17(19)20/h4-6,10-12,15H,7-9,18H2,1-3H3,(H,19,20). The molecule has 0 spiro atoms. The lowest BCUT2D eigenvalue weighted by Crippen LogP contribution is -2.27. The molecule has 0 aliphatic heterocycles. The average Bonchev–Trinajstić information content (AvgIpc) is 2.38. The summed E-state index contributed by atoms with van der Waals surface area (Å²) >= 11 is 0. The van der Waals surface area contributed by atoms with Gasteiger partial charge in [-0.05, 0) is 48.1 Å². The molecule has 1 aliphatic carbocycles. The summed E-state index contributed by atoms with van der Waals surface area (Å²) in [5.41, 5.74) is 7.88. The van der Waals surface area contributed by atoms with Crippen molar-refractivity contribution in [1.29, 1.82) is 0 Å². The Bertz CT molecular complexity index is 496. The summed E-state index contributed by atoms with van der Waals surface area (Å²) in [6.07, 6.45) is 3.58. The van der Waals surface area contributed by atoms with Crippen LogP contribution < -0.4 is 5.73 Å². The van der Waals surface area contributed by atoms with Gasteiger partial charge < -0.3 is 10.8 Å². The maximum atomic E-state index is 11.3. The summed E-state index contributed by atoms with van der Waals surface area (Å²) in [4.78, 5) is 11.3. The molecule has 0 aromatic heterocycles. The summed E-state index contributed by atoms with van der Waals surface area (Å²) < 4.78 is 0. The maximum absolute atomic E-state index is 11.3. The number of aromatic carboxylic acids is 1. The van der Waals surface area contributed by atoms with Crippen LogP contribution in [0.25, 0.3) is 0 Å². The summed E-state index contributed by atoms with van der Waals surface area (Å²) in [7, 11) is 0. The normalized spacial score (nSPS) is 26.7. The molecule has 0 saturated heterocycles. The molecule has 20 heavy (non-hydrogen) atoms. The van der Waals surface area contributed by atoms with Gasteiger partial charge in [0.1, 0.15) is 0 Å². The van der Waals surface area contributed by atoms with Crippen LogP contribution in [0.1, 0.15) is 61.9 Å². The molecule has 1 aromatic carbocycles. The van der Waals surface area contributed by atoms with Crippen molar-refractivity contribution in [2.75, 3.05) is 5.73 Å². The molecule has 1 aromatic rings. The van der Waals surface area contributed by atoms with Crippen LogP contribution in [-0.4, -0.2) is 11.1 Å². The molecule has 0 heterocycles. The van der Waals surface area contributed by atoms with Gasteiger partial charge in [0.15, 0.2) is 0 Å². The zero-order valence-electron chi connectivity index (χ0n) is 12.6. The van der Waals surface area contributed by atoms with E-state index < -0.39 is 5.97 Å². The van der Waals surface area contributed by atoms with Gasteiger partial charge in [0.05, 0.1) is 5.56 Å². The number of hydrogen-bond acceptors (Lipinski definition) is 2. The van der Waals surface area contributed by atoms with Gasteiger partial charge in [-0.1, -0.05) is 39.3 Å². The largest absolute Gasteiger partial charge is 0.478 e. The van der Waals surface area contributed by atoms with Gasteiger partial charge in [0.25, 0.3) is 0 Å². The summed E-state index contributed by atoms with van der Waals surface area (Å²) in [5.74, 6) is 1.33. The van der Waals surface area contributed by atoms with E-state index in [4.69, 9.17) is 5.73 Å². The number of rotatable bonds is 3. The first-order valence-corrected chi connectivity index (χ1v) is 7.53. The Balaban J connectivity index is 2.41. The number of carboxylic acid groups (broad SMARTS) is 1. The predicted molar refractivity (Wildman–Crippen MR) is 81.9 cm³/mol. The topological polar surface area (TPSA) is 63.3 Å². The van der Waals surface area contributed by atoms with Crippen molar-refractivity contribution in [3.8, 4) is 0 Å². The quantitative estimate of drug-likeness (QED) is 0.815. The first-order valence-electron chi connectivity index (χ1n) is 7.53. The van der Waals surface area contributed by atoms with Gasteiger partial charge in [0.2, 0.25) is 0 Å². The highest BCUT2D eigenvalue weighted by Crippen LogP contribution is 2.45. The van der Waals surface area contributed by atoms with Crippen LogP contribution >= 0.6 is 0 Å². The first kappa shape index (κ1) is 14.9. The predicted octanol–water partition coefficient (Wildman–Crippen LogP) is 4.14. The van der Waals surface area contributed by atoms with Crippen LogP contribution in [0.5, 0.6) is 0 Å². The summed E-state index contributed by atoms with van der Waals surface area (Å²) in [6, 6.07) is 5.43. The highest BCUT2D eigenvalue weighted by atomic mass is 16.4. The highest BCUT2D eigenvalue weighted by Gasteiger charge is 2.33. The Morgan fingerprint density at radius 3 is 2.65 bits per heavy atom. The van der Waals surface area contributed by atoms with Crippen LogP contribution in [0, 0.1) is 17.8 Å². The van der Waals surface area contributed by atoms with Gasteiger partial charge in [-0.3, -0.25) is 0 Å². The van der Waals surface area contributed by atoms with Crippen LogP contribution in [-0.2, 0) is 0 Å². The highest BCUT2D eigenvalue weighted by molar-refractivity contribution is 5.94. The minimum Gasteiger partial charge on any atom is -0.478 e. The molecule has 1 saturated carbocycles. The second-order valence-electron chi connectivity index (χ2n) is 6.55. The monoisotopic (exact) mass is 275 g/mol. The molecular formula is C17H25NO2. The van der Waals surface area contributed by atoms with E-state index in [0.717, 1.165) is 12.0 Å². The molecule has 0 amide bonds. The fraction of sp³-hybridized carbons (Fsp3) is 0.588. The number of benzene rings is 1. The van der Waals surface area contributed by atoms with Gasteiger partial charge in [0, 0.05) is 5.69 Å². The van der Waals surface area contributed by atoms with E-state index in [2.05, 4.69) is 20.8 Å². The number of para-hydroxylation sites is 1. The second kappa shape index (κ2) is 5.86. The van der Waals surface area contributed by atoms with E-state index in [1.165, 1.54) is 12.8 Å². The SMILES string of the molecule is CC1CCC(C(C)C)C(c2cccc(C(=O)O)c2N)C1. The molecule has 1 aliphatic rings. The van der Waals surface area contributed by atoms with E-state index in [1.54, 1.807) is 6.07 Å². The third-order valence-corrected chi connectivity index (χ3v) is 4.79. The summed E-state index contributed by atoms with van der Waals surface area (Å²) in [5, 5.41) is 9.24.